The highest BCUT2D eigenvalue weighted by molar-refractivity contribution is 6.00. The number of para-hydroxylation sites is 1. The van der Waals surface area contributed by atoms with E-state index in [4.69, 9.17) is 9.52 Å². The third-order valence-corrected chi connectivity index (χ3v) is 3.62. The summed E-state index contributed by atoms with van der Waals surface area (Å²) in [6.45, 7) is 4.13. The largest absolute Gasteiger partial charge is 0.478 e. The number of aromatic nitrogens is 1. The SMILES string of the molecule is Cc1ccc(/C=C/c2nc3c(C(=O)O)cccc3o2)cc1C. The van der Waals surface area contributed by atoms with Crippen molar-refractivity contribution in [2.45, 2.75) is 13.8 Å². The maximum absolute atomic E-state index is 11.2. The van der Waals surface area contributed by atoms with E-state index >= 15 is 0 Å². The Balaban J connectivity index is 1.97. The minimum Gasteiger partial charge on any atom is -0.478 e. The van der Waals surface area contributed by atoms with E-state index in [2.05, 4.69) is 31.0 Å². The predicted molar refractivity (Wildman–Crippen MR) is 85.8 cm³/mol. The molecule has 0 bridgehead atoms. The van der Waals surface area contributed by atoms with E-state index in [1.54, 1.807) is 18.2 Å². The fourth-order valence-corrected chi connectivity index (χ4v) is 2.25. The lowest BCUT2D eigenvalue weighted by atomic mass is 10.1. The molecule has 0 amide bonds. The summed E-state index contributed by atoms with van der Waals surface area (Å²) in [5, 5.41) is 9.16. The van der Waals surface area contributed by atoms with Gasteiger partial charge in [0.1, 0.15) is 5.52 Å². The average molecular weight is 293 g/mol. The number of carboxylic acids is 1. The summed E-state index contributed by atoms with van der Waals surface area (Å²) in [5.41, 5.74) is 4.49. The number of benzene rings is 2. The first kappa shape index (κ1) is 14.1. The van der Waals surface area contributed by atoms with Crippen LogP contribution < -0.4 is 0 Å². The number of aromatic carboxylic acids is 1. The van der Waals surface area contributed by atoms with Gasteiger partial charge in [0.15, 0.2) is 5.58 Å². The van der Waals surface area contributed by atoms with Crippen LogP contribution in [-0.2, 0) is 0 Å². The number of nitrogens with zero attached hydrogens (tertiary/aromatic N) is 1. The maximum atomic E-state index is 11.2. The van der Waals surface area contributed by atoms with Gasteiger partial charge in [-0.05, 0) is 48.7 Å². The van der Waals surface area contributed by atoms with E-state index in [1.165, 1.54) is 17.2 Å². The Morgan fingerprint density at radius 1 is 1.14 bits per heavy atom. The minimum atomic E-state index is -1.01. The Morgan fingerprint density at radius 2 is 1.95 bits per heavy atom. The molecule has 0 spiro atoms. The zero-order valence-corrected chi connectivity index (χ0v) is 12.3. The first-order chi connectivity index (χ1) is 10.5. The van der Waals surface area contributed by atoms with Crippen molar-refractivity contribution in [3.8, 4) is 0 Å². The number of carbonyl (C=O) groups is 1. The summed E-state index contributed by atoms with van der Waals surface area (Å²) in [4.78, 5) is 15.4. The molecule has 0 aliphatic heterocycles. The van der Waals surface area contributed by atoms with Crippen LogP contribution in [0.5, 0.6) is 0 Å². The van der Waals surface area contributed by atoms with Gasteiger partial charge in [-0.15, -0.1) is 0 Å². The van der Waals surface area contributed by atoms with Crippen LogP contribution in [0.2, 0.25) is 0 Å². The van der Waals surface area contributed by atoms with Crippen molar-refractivity contribution in [3.63, 3.8) is 0 Å². The number of carboxylic acid groups (broad SMARTS) is 1. The topological polar surface area (TPSA) is 63.3 Å². The highest BCUT2D eigenvalue weighted by atomic mass is 16.4. The molecular weight excluding hydrogens is 278 g/mol. The second kappa shape index (κ2) is 5.48. The quantitative estimate of drug-likeness (QED) is 0.781. The second-order valence-electron chi connectivity index (χ2n) is 5.19. The lowest BCUT2D eigenvalue weighted by molar-refractivity contribution is 0.0699. The van der Waals surface area contributed by atoms with Gasteiger partial charge in [0, 0.05) is 6.08 Å². The van der Waals surface area contributed by atoms with Crippen LogP contribution >= 0.6 is 0 Å². The minimum absolute atomic E-state index is 0.145. The fraction of sp³-hybridized carbons (Fsp3) is 0.111. The molecule has 0 unspecified atom stereocenters. The average Bonchev–Trinajstić information content (AvgIpc) is 2.91. The molecule has 0 atom stereocenters. The number of hydrogen-bond donors (Lipinski definition) is 1. The van der Waals surface area contributed by atoms with Gasteiger partial charge in [-0.1, -0.05) is 24.3 Å². The summed E-state index contributed by atoms with van der Waals surface area (Å²) in [7, 11) is 0. The molecule has 0 aliphatic rings. The Labute approximate surface area is 127 Å². The van der Waals surface area contributed by atoms with E-state index in [0.29, 0.717) is 17.0 Å². The van der Waals surface area contributed by atoms with Crippen LogP contribution in [0.3, 0.4) is 0 Å². The maximum Gasteiger partial charge on any atom is 0.338 e. The summed E-state index contributed by atoms with van der Waals surface area (Å²) >= 11 is 0. The lowest BCUT2D eigenvalue weighted by Crippen LogP contribution is -1.96. The molecule has 0 saturated heterocycles. The predicted octanol–water partition coefficient (Wildman–Crippen LogP) is 4.31. The molecule has 1 N–H and O–H groups in total. The molecule has 22 heavy (non-hydrogen) atoms. The molecule has 3 rings (SSSR count). The third-order valence-electron chi connectivity index (χ3n) is 3.62. The molecular formula is C18H15NO3. The Bertz CT molecular complexity index is 890. The van der Waals surface area contributed by atoms with Gasteiger partial charge in [-0.25, -0.2) is 9.78 Å². The Kier molecular flexibility index (Phi) is 3.51. The highest BCUT2D eigenvalue weighted by Gasteiger charge is 2.13. The molecule has 1 aromatic heterocycles. The smallest absolute Gasteiger partial charge is 0.338 e. The lowest BCUT2D eigenvalue weighted by Gasteiger charge is -2.00. The fourth-order valence-electron chi connectivity index (χ4n) is 2.25. The van der Waals surface area contributed by atoms with Crippen molar-refractivity contribution in [1.29, 1.82) is 0 Å². The van der Waals surface area contributed by atoms with Gasteiger partial charge in [0.2, 0.25) is 5.89 Å². The van der Waals surface area contributed by atoms with E-state index in [1.807, 2.05) is 12.1 Å². The molecule has 0 saturated carbocycles. The number of hydrogen-bond acceptors (Lipinski definition) is 3. The molecule has 4 nitrogen and oxygen atoms in total. The number of aryl methyl sites for hydroxylation is 2. The van der Waals surface area contributed by atoms with Crippen LogP contribution in [-0.4, -0.2) is 16.1 Å². The standard InChI is InChI=1S/C18H15NO3/c1-11-6-7-13(10-12(11)2)8-9-16-19-17-14(18(20)21)4-3-5-15(17)22-16/h3-10H,1-2H3,(H,20,21)/b9-8+. The third kappa shape index (κ3) is 2.63. The van der Waals surface area contributed by atoms with Gasteiger partial charge in [0.25, 0.3) is 0 Å². The van der Waals surface area contributed by atoms with E-state index in [-0.39, 0.29) is 5.56 Å². The monoisotopic (exact) mass is 293 g/mol. The van der Waals surface area contributed by atoms with Crippen molar-refractivity contribution >= 4 is 29.2 Å². The first-order valence-electron chi connectivity index (χ1n) is 6.93. The molecule has 0 aliphatic carbocycles. The van der Waals surface area contributed by atoms with Crippen molar-refractivity contribution < 1.29 is 14.3 Å². The van der Waals surface area contributed by atoms with Crippen LogP contribution in [0.4, 0.5) is 0 Å². The van der Waals surface area contributed by atoms with Crippen LogP contribution in [0.25, 0.3) is 23.3 Å². The number of fused-ring (bicyclic) bond motifs is 1. The van der Waals surface area contributed by atoms with Crippen LogP contribution in [0.15, 0.2) is 40.8 Å². The second-order valence-corrected chi connectivity index (χ2v) is 5.19. The van der Waals surface area contributed by atoms with Crippen molar-refractivity contribution in [2.75, 3.05) is 0 Å². The van der Waals surface area contributed by atoms with Crippen LogP contribution in [0.1, 0.15) is 32.9 Å². The molecule has 4 heteroatoms. The number of oxazole rings is 1. The zero-order chi connectivity index (χ0) is 15.7. The summed E-state index contributed by atoms with van der Waals surface area (Å²) < 4.78 is 5.57. The normalized spacial score (nSPS) is 11.4. The molecule has 2 aromatic carbocycles. The van der Waals surface area contributed by atoms with Crippen molar-refractivity contribution in [1.82, 2.24) is 4.98 Å². The Hall–Kier alpha value is -2.88. The summed E-state index contributed by atoms with van der Waals surface area (Å²) in [6.07, 6.45) is 3.65. The Morgan fingerprint density at radius 3 is 2.68 bits per heavy atom. The van der Waals surface area contributed by atoms with Gasteiger partial charge >= 0.3 is 5.97 Å². The molecule has 1 heterocycles. The molecule has 0 fully saturated rings. The molecule has 3 aromatic rings. The highest BCUT2D eigenvalue weighted by Crippen LogP contribution is 2.21. The summed E-state index contributed by atoms with van der Waals surface area (Å²) in [6, 6.07) is 11.0. The summed E-state index contributed by atoms with van der Waals surface area (Å²) in [5.74, 6) is -0.620. The van der Waals surface area contributed by atoms with E-state index < -0.39 is 5.97 Å². The van der Waals surface area contributed by atoms with Gasteiger partial charge in [-0.3, -0.25) is 0 Å². The zero-order valence-electron chi connectivity index (χ0n) is 12.3. The van der Waals surface area contributed by atoms with Gasteiger partial charge in [-0.2, -0.15) is 0 Å². The molecule has 0 radical (unpaired) electrons. The van der Waals surface area contributed by atoms with E-state index in [0.717, 1.165) is 5.56 Å². The van der Waals surface area contributed by atoms with Crippen molar-refractivity contribution in [2.24, 2.45) is 0 Å². The van der Waals surface area contributed by atoms with Gasteiger partial charge in [0.05, 0.1) is 5.56 Å². The van der Waals surface area contributed by atoms with Crippen molar-refractivity contribution in [3.05, 3.63) is 64.5 Å². The van der Waals surface area contributed by atoms with E-state index in [9.17, 15) is 4.79 Å². The number of rotatable bonds is 3. The van der Waals surface area contributed by atoms with Crippen LogP contribution in [0, 0.1) is 13.8 Å². The first-order valence-corrected chi connectivity index (χ1v) is 6.93. The molecule has 110 valence electrons. The van der Waals surface area contributed by atoms with Gasteiger partial charge < -0.3 is 9.52 Å².